The minimum Gasteiger partial charge on any atom is -0.494 e. The fraction of sp³-hybridized carbons (Fsp3) is 0.429. The summed E-state index contributed by atoms with van der Waals surface area (Å²) in [6.07, 6.45) is 5.47. The lowest BCUT2D eigenvalue weighted by Gasteiger charge is -2.21. The minimum atomic E-state index is 0. The molecule has 4 heteroatoms. The van der Waals surface area contributed by atoms with Gasteiger partial charge in [0.05, 0.1) is 13.3 Å². The van der Waals surface area contributed by atoms with E-state index in [1.165, 1.54) is 12.1 Å². The van der Waals surface area contributed by atoms with Crippen LogP contribution in [0.4, 0.5) is 5.69 Å². The highest BCUT2D eigenvalue weighted by Crippen LogP contribution is 2.22. The zero-order valence-corrected chi connectivity index (χ0v) is 12.7. The van der Waals surface area contributed by atoms with Crippen LogP contribution in [0.3, 0.4) is 0 Å². The van der Waals surface area contributed by atoms with Crippen molar-refractivity contribution in [1.82, 2.24) is 4.90 Å². The Morgan fingerprint density at radius 3 is 2.44 bits per heavy atom. The summed E-state index contributed by atoms with van der Waals surface area (Å²) in [5.74, 6) is 0.935. The fourth-order valence-corrected chi connectivity index (χ4v) is 1.97. The quantitative estimate of drug-likeness (QED) is 0.826. The largest absolute Gasteiger partial charge is 0.494 e. The average Bonchev–Trinajstić information content (AvgIpc) is 2.80. The van der Waals surface area contributed by atoms with Gasteiger partial charge in [0.25, 0.3) is 0 Å². The van der Waals surface area contributed by atoms with E-state index >= 15 is 0 Å². The molecular formula is C14H21BrN2O. The Labute approximate surface area is 120 Å². The van der Waals surface area contributed by atoms with Crippen LogP contribution in [0, 0.1) is 0 Å². The second-order valence-corrected chi connectivity index (χ2v) is 4.15. The summed E-state index contributed by atoms with van der Waals surface area (Å²) in [5.41, 5.74) is 1.21. The molecule has 0 aliphatic carbocycles. The third-order valence-corrected chi connectivity index (χ3v) is 2.78. The van der Waals surface area contributed by atoms with Crippen LogP contribution in [0.1, 0.15) is 20.3 Å². The Morgan fingerprint density at radius 1 is 1.11 bits per heavy atom. The molecule has 1 aromatic rings. The first-order valence-corrected chi connectivity index (χ1v) is 6.25. The van der Waals surface area contributed by atoms with Crippen LogP contribution in [0.2, 0.25) is 0 Å². The normalized spacial score (nSPS) is 13.7. The van der Waals surface area contributed by atoms with Gasteiger partial charge in [-0.05, 0) is 37.6 Å². The van der Waals surface area contributed by atoms with E-state index in [2.05, 4.69) is 41.3 Å². The molecule has 18 heavy (non-hydrogen) atoms. The molecule has 0 radical (unpaired) electrons. The Kier molecular flexibility index (Phi) is 6.05. The molecule has 0 amide bonds. The third-order valence-electron chi connectivity index (χ3n) is 2.78. The smallest absolute Gasteiger partial charge is 0.119 e. The van der Waals surface area contributed by atoms with E-state index in [4.69, 9.17) is 4.74 Å². The highest BCUT2D eigenvalue weighted by Gasteiger charge is 2.12. The maximum Gasteiger partial charge on any atom is 0.119 e. The highest BCUT2D eigenvalue weighted by atomic mass is 79.9. The molecule has 0 saturated heterocycles. The fourth-order valence-electron chi connectivity index (χ4n) is 1.97. The summed E-state index contributed by atoms with van der Waals surface area (Å²) < 4.78 is 5.44. The Bertz CT molecular complexity index is 378. The maximum absolute atomic E-state index is 5.44. The molecule has 0 N–H and O–H groups in total. The van der Waals surface area contributed by atoms with Crippen molar-refractivity contribution in [3.05, 3.63) is 36.7 Å². The topological polar surface area (TPSA) is 15.7 Å². The van der Waals surface area contributed by atoms with Crippen LogP contribution >= 0.6 is 17.0 Å². The number of benzene rings is 1. The molecule has 0 spiro atoms. The van der Waals surface area contributed by atoms with Crippen molar-refractivity contribution >= 4 is 22.7 Å². The van der Waals surface area contributed by atoms with E-state index < -0.39 is 0 Å². The van der Waals surface area contributed by atoms with Crippen LogP contribution in [-0.2, 0) is 0 Å². The predicted molar refractivity (Wildman–Crippen MR) is 81.4 cm³/mol. The predicted octanol–water partition coefficient (Wildman–Crippen LogP) is 3.62. The van der Waals surface area contributed by atoms with Gasteiger partial charge in [-0.1, -0.05) is 6.92 Å². The number of rotatable bonds is 5. The van der Waals surface area contributed by atoms with Gasteiger partial charge >= 0.3 is 0 Å². The van der Waals surface area contributed by atoms with Crippen molar-refractivity contribution in [3.63, 3.8) is 0 Å². The van der Waals surface area contributed by atoms with E-state index in [1.807, 2.05) is 19.1 Å². The zero-order chi connectivity index (χ0) is 12.1. The average molecular weight is 313 g/mol. The van der Waals surface area contributed by atoms with Gasteiger partial charge in [0.1, 0.15) is 5.75 Å². The molecule has 0 bridgehead atoms. The minimum absolute atomic E-state index is 0. The standard InChI is InChI=1S/C14H20N2O.BrH/c1-3-9-15-10-11-16(12-15)13-5-7-14(8-6-13)17-4-2;/h5-8,10-11H,3-4,9,12H2,1-2H3;1H. The van der Waals surface area contributed by atoms with Gasteiger partial charge in [0.2, 0.25) is 0 Å². The van der Waals surface area contributed by atoms with Crippen LogP contribution < -0.4 is 9.64 Å². The van der Waals surface area contributed by atoms with Crippen LogP contribution in [0.25, 0.3) is 0 Å². The summed E-state index contributed by atoms with van der Waals surface area (Å²) in [4.78, 5) is 4.56. The molecule has 0 unspecified atom stereocenters. The molecule has 1 aromatic carbocycles. The second-order valence-electron chi connectivity index (χ2n) is 4.15. The van der Waals surface area contributed by atoms with Crippen LogP contribution in [-0.4, -0.2) is 24.7 Å². The summed E-state index contributed by atoms with van der Waals surface area (Å²) in [6, 6.07) is 8.25. The van der Waals surface area contributed by atoms with Crippen molar-refractivity contribution in [2.45, 2.75) is 20.3 Å². The van der Waals surface area contributed by atoms with E-state index in [-0.39, 0.29) is 17.0 Å². The molecule has 1 heterocycles. The lowest BCUT2D eigenvalue weighted by Crippen LogP contribution is -2.25. The molecule has 0 atom stereocenters. The number of nitrogens with zero attached hydrogens (tertiary/aromatic N) is 2. The molecule has 0 fully saturated rings. The van der Waals surface area contributed by atoms with E-state index in [9.17, 15) is 0 Å². The molecule has 1 aliphatic rings. The lowest BCUT2D eigenvalue weighted by molar-refractivity contribution is 0.340. The first-order valence-electron chi connectivity index (χ1n) is 6.25. The second kappa shape index (κ2) is 7.31. The first-order chi connectivity index (χ1) is 8.33. The number of anilines is 1. The molecule has 100 valence electrons. The van der Waals surface area contributed by atoms with Crippen molar-refractivity contribution in [2.75, 3.05) is 24.7 Å². The zero-order valence-electron chi connectivity index (χ0n) is 11.0. The van der Waals surface area contributed by atoms with Crippen LogP contribution in [0.5, 0.6) is 5.75 Å². The van der Waals surface area contributed by atoms with E-state index in [0.29, 0.717) is 6.61 Å². The highest BCUT2D eigenvalue weighted by molar-refractivity contribution is 8.93. The molecule has 0 aromatic heterocycles. The first kappa shape index (κ1) is 14.9. The van der Waals surface area contributed by atoms with Crippen molar-refractivity contribution in [1.29, 1.82) is 0 Å². The molecule has 2 rings (SSSR count). The van der Waals surface area contributed by atoms with Gasteiger partial charge in [0.15, 0.2) is 0 Å². The van der Waals surface area contributed by atoms with Crippen molar-refractivity contribution < 1.29 is 4.74 Å². The Morgan fingerprint density at radius 2 is 1.83 bits per heavy atom. The summed E-state index contributed by atoms with van der Waals surface area (Å²) in [5, 5.41) is 0. The molecule has 0 saturated carbocycles. The van der Waals surface area contributed by atoms with Gasteiger partial charge < -0.3 is 14.5 Å². The van der Waals surface area contributed by atoms with Crippen molar-refractivity contribution in [3.8, 4) is 5.75 Å². The van der Waals surface area contributed by atoms with Gasteiger partial charge in [-0.3, -0.25) is 0 Å². The van der Waals surface area contributed by atoms with Gasteiger partial charge in [0, 0.05) is 24.6 Å². The van der Waals surface area contributed by atoms with Gasteiger partial charge in [-0.2, -0.15) is 0 Å². The summed E-state index contributed by atoms with van der Waals surface area (Å²) >= 11 is 0. The van der Waals surface area contributed by atoms with Crippen molar-refractivity contribution in [2.24, 2.45) is 0 Å². The van der Waals surface area contributed by atoms with E-state index in [1.54, 1.807) is 0 Å². The molecule has 3 nitrogen and oxygen atoms in total. The number of ether oxygens (including phenoxy) is 1. The Balaban J connectivity index is 0.00000162. The maximum atomic E-state index is 5.44. The monoisotopic (exact) mass is 312 g/mol. The SMILES string of the molecule is Br.CCCN1C=CN(c2ccc(OCC)cc2)C1. The third kappa shape index (κ3) is 3.67. The number of hydrogen-bond acceptors (Lipinski definition) is 3. The molecule has 1 aliphatic heterocycles. The number of hydrogen-bond donors (Lipinski definition) is 0. The van der Waals surface area contributed by atoms with Crippen LogP contribution in [0.15, 0.2) is 36.7 Å². The summed E-state index contributed by atoms with van der Waals surface area (Å²) in [6.45, 7) is 6.98. The Hall–Kier alpha value is -1.16. The van der Waals surface area contributed by atoms with E-state index in [0.717, 1.165) is 19.0 Å². The van der Waals surface area contributed by atoms with Gasteiger partial charge in [-0.15, -0.1) is 17.0 Å². The van der Waals surface area contributed by atoms with Gasteiger partial charge in [-0.25, -0.2) is 0 Å². The molecular weight excluding hydrogens is 292 g/mol. The lowest BCUT2D eigenvalue weighted by atomic mass is 10.3. The summed E-state index contributed by atoms with van der Waals surface area (Å²) in [7, 11) is 0. The number of halogens is 1.